The van der Waals surface area contributed by atoms with E-state index in [2.05, 4.69) is 5.32 Å². The second kappa shape index (κ2) is 5.19. The van der Waals surface area contributed by atoms with Gasteiger partial charge in [-0.3, -0.25) is 0 Å². The first-order valence-electron chi connectivity index (χ1n) is 5.89. The average molecular weight is 223 g/mol. The molecule has 1 N–H and O–H groups in total. The number of rotatable bonds is 4. The molecule has 0 radical (unpaired) electrons. The van der Waals surface area contributed by atoms with Crippen LogP contribution in [0, 0.1) is 11.7 Å². The monoisotopic (exact) mass is 223 g/mol. The van der Waals surface area contributed by atoms with Gasteiger partial charge in [-0.1, -0.05) is 12.8 Å². The van der Waals surface area contributed by atoms with Crippen LogP contribution in [0.2, 0.25) is 0 Å². The van der Waals surface area contributed by atoms with Gasteiger partial charge in [-0.15, -0.1) is 0 Å². The van der Waals surface area contributed by atoms with E-state index in [0.29, 0.717) is 18.3 Å². The highest BCUT2D eigenvalue weighted by Gasteiger charge is 2.16. The Morgan fingerprint density at radius 2 is 2.12 bits per heavy atom. The number of hydrogen-bond acceptors (Lipinski definition) is 2. The summed E-state index contributed by atoms with van der Waals surface area (Å²) in [6.45, 7) is 0.706. The van der Waals surface area contributed by atoms with Gasteiger partial charge in [0.25, 0.3) is 0 Å². The molecule has 1 aromatic rings. The van der Waals surface area contributed by atoms with Gasteiger partial charge in [-0.2, -0.15) is 0 Å². The molecule has 0 spiro atoms. The molecule has 0 amide bonds. The Bertz CT molecular complexity index is 348. The number of halogens is 1. The van der Waals surface area contributed by atoms with Gasteiger partial charge in [0.2, 0.25) is 0 Å². The summed E-state index contributed by atoms with van der Waals surface area (Å²) in [6.07, 6.45) is 5.08. The second-order valence-electron chi connectivity index (χ2n) is 4.35. The molecule has 0 bridgehead atoms. The maximum atomic E-state index is 13.1. The van der Waals surface area contributed by atoms with E-state index in [-0.39, 0.29) is 5.82 Å². The van der Waals surface area contributed by atoms with E-state index in [4.69, 9.17) is 4.74 Å². The summed E-state index contributed by atoms with van der Waals surface area (Å²) >= 11 is 0. The molecule has 0 unspecified atom stereocenters. The number of benzene rings is 1. The van der Waals surface area contributed by atoms with Gasteiger partial charge < -0.3 is 10.1 Å². The van der Waals surface area contributed by atoms with Crippen LogP contribution in [0.15, 0.2) is 18.2 Å². The van der Waals surface area contributed by atoms with Crippen molar-refractivity contribution in [2.24, 2.45) is 5.92 Å². The lowest BCUT2D eigenvalue weighted by Gasteiger charge is -2.14. The molecule has 0 saturated heterocycles. The van der Waals surface area contributed by atoms with Gasteiger partial charge in [0.05, 0.1) is 12.3 Å². The minimum Gasteiger partial charge on any atom is -0.491 e. The van der Waals surface area contributed by atoms with Crippen molar-refractivity contribution in [1.82, 2.24) is 0 Å². The molecular weight excluding hydrogens is 205 g/mol. The quantitative estimate of drug-likeness (QED) is 0.844. The van der Waals surface area contributed by atoms with Crippen molar-refractivity contribution in [2.75, 3.05) is 19.0 Å². The molecule has 0 aromatic heterocycles. The number of anilines is 1. The first kappa shape index (κ1) is 11.2. The third-order valence-electron chi connectivity index (χ3n) is 3.16. The summed E-state index contributed by atoms with van der Waals surface area (Å²) in [6, 6.07) is 4.59. The Kier molecular flexibility index (Phi) is 3.65. The van der Waals surface area contributed by atoms with E-state index in [1.807, 2.05) is 7.05 Å². The van der Waals surface area contributed by atoms with Crippen LogP contribution >= 0.6 is 0 Å². The number of ether oxygens (including phenoxy) is 1. The normalized spacial score (nSPS) is 16.4. The summed E-state index contributed by atoms with van der Waals surface area (Å²) in [4.78, 5) is 0. The molecule has 2 nitrogen and oxygen atoms in total. The molecular formula is C13H18FNO. The van der Waals surface area contributed by atoms with Crippen molar-refractivity contribution in [3.05, 3.63) is 24.0 Å². The van der Waals surface area contributed by atoms with Crippen LogP contribution in [-0.4, -0.2) is 13.7 Å². The molecule has 0 heterocycles. The summed E-state index contributed by atoms with van der Waals surface area (Å²) in [5.41, 5.74) is 0.847. The standard InChI is InChI=1S/C13H18FNO/c1-15-12-7-6-11(14)8-13(12)16-9-10-4-2-3-5-10/h6-8,10,15H,2-5,9H2,1H3. The van der Waals surface area contributed by atoms with Crippen molar-refractivity contribution < 1.29 is 9.13 Å². The smallest absolute Gasteiger partial charge is 0.145 e. The Hall–Kier alpha value is -1.25. The molecule has 1 aliphatic rings. The first-order chi connectivity index (χ1) is 7.79. The molecule has 2 rings (SSSR count). The highest BCUT2D eigenvalue weighted by molar-refractivity contribution is 5.55. The van der Waals surface area contributed by atoms with E-state index in [1.165, 1.54) is 37.8 Å². The van der Waals surface area contributed by atoms with Crippen molar-refractivity contribution in [3.63, 3.8) is 0 Å². The van der Waals surface area contributed by atoms with E-state index >= 15 is 0 Å². The fourth-order valence-electron chi connectivity index (χ4n) is 2.21. The largest absolute Gasteiger partial charge is 0.491 e. The number of nitrogens with one attached hydrogen (secondary N) is 1. The van der Waals surface area contributed by atoms with Crippen LogP contribution in [0.25, 0.3) is 0 Å². The minimum absolute atomic E-state index is 0.250. The summed E-state index contributed by atoms with van der Waals surface area (Å²) in [5, 5.41) is 3.01. The molecule has 1 aliphatic carbocycles. The molecule has 0 atom stereocenters. The molecule has 88 valence electrons. The Balaban J connectivity index is 1.98. The maximum absolute atomic E-state index is 13.1. The van der Waals surface area contributed by atoms with E-state index in [9.17, 15) is 4.39 Å². The summed E-state index contributed by atoms with van der Waals surface area (Å²) in [5.74, 6) is 1.02. The number of hydrogen-bond donors (Lipinski definition) is 1. The third-order valence-corrected chi connectivity index (χ3v) is 3.16. The van der Waals surface area contributed by atoms with Crippen LogP contribution in [-0.2, 0) is 0 Å². The maximum Gasteiger partial charge on any atom is 0.145 e. The third kappa shape index (κ3) is 2.65. The fourth-order valence-corrected chi connectivity index (χ4v) is 2.21. The lowest BCUT2D eigenvalue weighted by atomic mass is 10.1. The van der Waals surface area contributed by atoms with Gasteiger partial charge in [-0.25, -0.2) is 4.39 Å². The Labute approximate surface area is 95.8 Å². The highest BCUT2D eigenvalue weighted by Crippen LogP contribution is 2.29. The predicted octanol–water partition coefficient (Wildman–Crippen LogP) is 3.44. The highest BCUT2D eigenvalue weighted by atomic mass is 19.1. The molecule has 1 aromatic carbocycles. The van der Waals surface area contributed by atoms with Gasteiger partial charge in [0.1, 0.15) is 11.6 Å². The van der Waals surface area contributed by atoms with Gasteiger partial charge in [-0.05, 0) is 30.9 Å². The Morgan fingerprint density at radius 1 is 1.38 bits per heavy atom. The van der Waals surface area contributed by atoms with Crippen LogP contribution in [0.1, 0.15) is 25.7 Å². The zero-order chi connectivity index (χ0) is 11.4. The van der Waals surface area contributed by atoms with Gasteiger partial charge in [0, 0.05) is 13.1 Å². The van der Waals surface area contributed by atoms with Crippen molar-refractivity contribution in [2.45, 2.75) is 25.7 Å². The van der Waals surface area contributed by atoms with Crippen molar-refractivity contribution >= 4 is 5.69 Å². The van der Waals surface area contributed by atoms with Crippen LogP contribution in [0.3, 0.4) is 0 Å². The van der Waals surface area contributed by atoms with Crippen LogP contribution in [0.4, 0.5) is 10.1 Å². The topological polar surface area (TPSA) is 21.3 Å². The molecule has 1 fully saturated rings. The van der Waals surface area contributed by atoms with Crippen LogP contribution < -0.4 is 10.1 Å². The zero-order valence-electron chi connectivity index (χ0n) is 9.63. The van der Waals surface area contributed by atoms with Crippen molar-refractivity contribution in [1.29, 1.82) is 0 Å². The van der Waals surface area contributed by atoms with E-state index in [1.54, 1.807) is 6.07 Å². The summed E-state index contributed by atoms with van der Waals surface area (Å²) in [7, 11) is 1.82. The lowest BCUT2D eigenvalue weighted by Crippen LogP contribution is -2.09. The van der Waals surface area contributed by atoms with Gasteiger partial charge >= 0.3 is 0 Å². The Morgan fingerprint density at radius 3 is 2.81 bits per heavy atom. The zero-order valence-corrected chi connectivity index (χ0v) is 9.63. The molecule has 1 saturated carbocycles. The van der Waals surface area contributed by atoms with Crippen LogP contribution in [0.5, 0.6) is 5.75 Å². The molecule has 0 aliphatic heterocycles. The molecule has 3 heteroatoms. The van der Waals surface area contributed by atoms with E-state index < -0.39 is 0 Å². The lowest BCUT2D eigenvalue weighted by molar-refractivity contribution is 0.252. The second-order valence-corrected chi connectivity index (χ2v) is 4.35. The first-order valence-corrected chi connectivity index (χ1v) is 5.89. The summed E-state index contributed by atoms with van der Waals surface area (Å²) < 4.78 is 18.8. The SMILES string of the molecule is CNc1ccc(F)cc1OCC1CCCC1. The fraction of sp³-hybridized carbons (Fsp3) is 0.538. The molecule has 16 heavy (non-hydrogen) atoms. The predicted molar refractivity (Wildman–Crippen MR) is 63.4 cm³/mol. The van der Waals surface area contributed by atoms with E-state index in [0.717, 1.165) is 5.69 Å². The van der Waals surface area contributed by atoms with Crippen molar-refractivity contribution in [3.8, 4) is 5.75 Å². The van der Waals surface area contributed by atoms with Gasteiger partial charge in [0.15, 0.2) is 0 Å². The minimum atomic E-state index is -0.250. The average Bonchev–Trinajstić information content (AvgIpc) is 2.79.